The molecule has 2 atom stereocenters. The van der Waals surface area contributed by atoms with E-state index < -0.39 is 17.3 Å². The van der Waals surface area contributed by atoms with Crippen LogP contribution in [0.15, 0.2) is 36.5 Å². The van der Waals surface area contributed by atoms with Gasteiger partial charge < -0.3 is 4.90 Å². The molecule has 1 aromatic carbocycles. The zero-order chi connectivity index (χ0) is 20.1. The number of nitrogens with zero attached hydrogens (tertiary/aromatic N) is 2. The minimum atomic E-state index is -4.35. The second-order valence-corrected chi connectivity index (χ2v) is 7.74. The maximum atomic E-state index is 12.8. The van der Waals surface area contributed by atoms with Gasteiger partial charge in [0.2, 0.25) is 5.91 Å². The lowest BCUT2D eigenvalue weighted by atomic mass is 9.95. The number of hydrogen-bond acceptors (Lipinski definition) is 3. The number of rotatable bonds is 2. The number of halogens is 3. The van der Waals surface area contributed by atoms with Crippen LogP contribution in [0.4, 0.5) is 13.2 Å². The number of likely N-dealkylation sites (tertiary alicyclic amines) is 1. The van der Waals surface area contributed by atoms with Crippen LogP contribution in [0.3, 0.4) is 0 Å². The van der Waals surface area contributed by atoms with Gasteiger partial charge in [0.15, 0.2) is 0 Å². The van der Waals surface area contributed by atoms with Crippen LogP contribution >= 0.6 is 0 Å². The Morgan fingerprint density at radius 2 is 1.89 bits per heavy atom. The largest absolute Gasteiger partial charge is 0.416 e. The number of hydrogen-bond donors (Lipinski definition) is 1. The molecule has 3 heterocycles. The molecule has 28 heavy (non-hydrogen) atoms. The number of likely N-dealkylation sites (N-methyl/N-ethyl adjacent to an activating group) is 1. The normalized spacial score (nSPS) is 25.1. The first-order valence-corrected chi connectivity index (χ1v) is 9.38. The Labute approximate surface area is 161 Å². The van der Waals surface area contributed by atoms with Crippen LogP contribution in [-0.4, -0.2) is 34.9 Å². The minimum absolute atomic E-state index is 0.0372. The van der Waals surface area contributed by atoms with Gasteiger partial charge in [-0.1, -0.05) is 12.1 Å². The molecule has 0 aliphatic carbocycles. The van der Waals surface area contributed by atoms with E-state index in [0.29, 0.717) is 0 Å². The summed E-state index contributed by atoms with van der Waals surface area (Å²) in [6.45, 7) is 2.68. The zero-order valence-corrected chi connectivity index (χ0v) is 15.8. The third-order valence-corrected chi connectivity index (χ3v) is 6.04. The van der Waals surface area contributed by atoms with Crippen molar-refractivity contribution in [3.63, 3.8) is 0 Å². The van der Waals surface area contributed by atoms with E-state index >= 15 is 0 Å². The van der Waals surface area contributed by atoms with Crippen molar-refractivity contribution in [2.45, 2.75) is 43.9 Å². The van der Waals surface area contributed by atoms with Crippen molar-refractivity contribution < 1.29 is 18.0 Å². The van der Waals surface area contributed by atoms with E-state index in [2.05, 4.69) is 10.3 Å². The summed E-state index contributed by atoms with van der Waals surface area (Å²) in [7, 11) is 1.82. The Hall–Kier alpha value is -2.41. The Morgan fingerprint density at radius 1 is 1.18 bits per heavy atom. The third-order valence-electron chi connectivity index (χ3n) is 6.04. The predicted molar refractivity (Wildman–Crippen MR) is 99.5 cm³/mol. The van der Waals surface area contributed by atoms with Crippen LogP contribution < -0.4 is 5.32 Å². The van der Waals surface area contributed by atoms with Gasteiger partial charge in [0.25, 0.3) is 0 Å². The molecule has 4 rings (SSSR count). The molecule has 2 aliphatic rings. The Balaban J connectivity index is 1.62. The van der Waals surface area contributed by atoms with Gasteiger partial charge in [0, 0.05) is 19.8 Å². The van der Waals surface area contributed by atoms with Crippen LogP contribution in [-0.2, 0) is 11.0 Å². The molecule has 7 heteroatoms. The number of aromatic nitrogens is 1. The Kier molecular flexibility index (Phi) is 4.45. The number of alkyl halides is 3. The van der Waals surface area contributed by atoms with Gasteiger partial charge in [-0.3, -0.25) is 15.1 Å². The number of carbonyl (C=O) groups excluding carboxylic acids is 1. The summed E-state index contributed by atoms with van der Waals surface area (Å²) in [4.78, 5) is 18.8. The number of nitrogens with one attached hydrogen (secondary N) is 1. The monoisotopic (exact) mass is 389 g/mol. The van der Waals surface area contributed by atoms with Crippen molar-refractivity contribution >= 4 is 5.91 Å². The molecule has 0 bridgehead atoms. The van der Waals surface area contributed by atoms with Crippen molar-refractivity contribution in [3.05, 3.63) is 53.3 Å². The highest BCUT2D eigenvalue weighted by molar-refractivity contribution is 5.88. The minimum Gasteiger partial charge on any atom is -0.344 e. The summed E-state index contributed by atoms with van der Waals surface area (Å²) in [6, 6.07) is 6.97. The molecule has 2 saturated heterocycles. The van der Waals surface area contributed by atoms with Crippen LogP contribution in [0.2, 0.25) is 0 Å². The van der Waals surface area contributed by atoms with Gasteiger partial charge in [-0.25, -0.2) is 0 Å². The van der Waals surface area contributed by atoms with Crippen LogP contribution in [0.25, 0.3) is 11.1 Å². The summed E-state index contributed by atoms with van der Waals surface area (Å²) in [5.41, 5.74) is 2.20. The van der Waals surface area contributed by atoms with E-state index in [1.54, 1.807) is 11.1 Å². The van der Waals surface area contributed by atoms with E-state index in [0.717, 1.165) is 60.3 Å². The standard InChI is InChI=1S/C21H22F3N3O/c1-13-16(14-3-5-15(6-4-14)21(22,23)24)8-11-25-18(13)17-7-9-20(26-17)10-12-27(2)19(20)28/h3-6,8,11,17,26H,7,9-10,12H2,1-2H3/t17-,20-/m1/s1. The van der Waals surface area contributed by atoms with Crippen molar-refractivity contribution in [1.82, 2.24) is 15.2 Å². The third kappa shape index (κ3) is 3.07. The molecule has 0 unspecified atom stereocenters. The van der Waals surface area contributed by atoms with Crippen LogP contribution in [0.1, 0.15) is 42.1 Å². The van der Waals surface area contributed by atoms with Gasteiger partial charge in [0.1, 0.15) is 5.54 Å². The Morgan fingerprint density at radius 3 is 2.50 bits per heavy atom. The smallest absolute Gasteiger partial charge is 0.344 e. The fourth-order valence-electron chi connectivity index (χ4n) is 4.43. The van der Waals surface area contributed by atoms with Crippen LogP contribution in [0, 0.1) is 6.92 Å². The Bertz CT molecular complexity index is 910. The highest BCUT2D eigenvalue weighted by Crippen LogP contribution is 2.40. The fraction of sp³-hybridized carbons (Fsp3) is 0.429. The topological polar surface area (TPSA) is 45.2 Å². The van der Waals surface area contributed by atoms with Crippen molar-refractivity contribution in [2.24, 2.45) is 0 Å². The highest BCUT2D eigenvalue weighted by Gasteiger charge is 2.50. The molecule has 148 valence electrons. The molecule has 2 fully saturated rings. The molecule has 2 aromatic rings. The lowest BCUT2D eigenvalue weighted by Gasteiger charge is -2.24. The molecule has 0 radical (unpaired) electrons. The van der Waals surface area contributed by atoms with Crippen molar-refractivity contribution in [2.75, 3.05) is 13.6 Å². The lowest BCUT2D eigenvalue weighted by Crippen LogP contribution is -2.47. The van der Waals surface area contributed by atoms with Gasteiger partial charge in [-0.05, 0) is 61.1 Å². The first-order valence-electron chi connectivity index (χ1n) is 9.38. The van der Waals surface area contributed by atoms with Gasteiger partial charge >= 0.3 is 6.18 Å². The second kappa shape index (κ2) is 6.58. The molecular weight excluding hydrogens is 367 g/mol. The van der Waals surface area contributed by atoms with E-state index in [-0.39, 0.29) is 11.9 Å². The maximum absolute atomic E-state index is 12.8. The molecule has 4 nitrogen and oxygen atoms in total. The average molecular weight is 389 g/mol. The zero-order valence-electron chi connectivity index (χ0n) is 15.8. The van der Waals surface area contributed by atoms with E-state index in [1.807, 2.05) is 20.0 Å². The highest BCUT2D eigenvalue weighted by atomic mass is 19.4. The number of pyridine rings is 1. The summed E-state index contributed by atoms with van der Waals surface area (Å²) in [5.74, 6) is 0.131. The number of carbonyl (C=O) groups is 1. The van der Waals surface area contributed by atoms with Crippen LogP contribution in [0.5, 0.6) is 0 Å². The summed E-state index contributed by atoms with van der Waals surface area (Å²) in [6.07, 6.45) is -0.294. The van der Waals surface area contributed by atoms with Gasteiger partial charge in [0.05, 0.1) is 17.3 Å². The summed E-state index contributed by atoms with van der Waals surface area (Å²) in [5, 5.41) is 3.51. The molecule has 1 N–H and O–H groups in total. The first-order chi connectivity index (χ1) is 13.2. The predicted octanol–water partition coefficient (Wildman–Crippen LogP) is 4.10. The van der Waals surface area contributed by atoms with E-state index in [4.69, 9.17) is 0 Å². The summed E-state index contributed by atoms with van der Waals surface area (Å²) >= 11 is 0. The van der Waals surface area contributed by atoms with Gasteiger partial charge in [-0.2, -0.15) is 13.2 Å². The fourth-order valence-corrected chi connectivity index (χ4v) is 4.43. The van der Waals surface area contributed by atoms with Crippen molar-refractivity contribution in [3.8, 4) is 11.1 Å². The molecule has 1 amide bonds. The molecule has 2 aliphatic heterocycles. The molecular formula is C21H22F3N3O. The SMILES string of the molecule is Cc1c(-c2ccc(C(F)(F)F)cc2)ccnc1[C@H]1CC[C@]2(CCN(C)C2=O)N1. The van der Waals surface area contributed by atoms with Gasteiger partial charge in [-0.15, -0.1) is 0 Å². The number of amides is 1. The molecule has 0 saturated carbocycles. The lowest BCUT2D eigenvalue weighted by molar-refractivity contribution is -0.137. The average Bonchev–Trinajstić information content (AvgIpc) is 3.21. The first kappa shape index (κ1) is 18.9. The maximum Gasteiger partial charge on any atom is 0.416 e. The molecule has 1 aromatic heterocycles. The van der Waals surface area contributed by atoms with E-state index in [1.165, 1.54) is 12.1 Å². The second-order valence-electron chi connectivity index (χ2n) is 7.74. The van der Waals surface area contributed by atoms with Crippen molar-refractivity contribution in [1.29, 1.82) is 0 Å². The quantitative estimate of drug-likeness (QED) is 0.841. The summed E-state index contributed by atoms with van der Waals surface area (Å²) < 4.78 is 38.5. The number of benzene rings is 1. The van der Waals surface area contributed by atoms with E-state index in [9.17, 15) is 18.0 Å². The molecule has 1 spiro atoms.